The van der Waals surface area contributed by atoms with Gasteiger partial charge in [0.2, 0.25) is 11.8 Å². The van der Waals surface area contributed by atoms with Gasteiger partial charge in [-0.1, -0.05) is 24.6 Å². The van der Waals surface area contributed by atoms with E-state index in [4.69, 9.17) is 4.74 Å². The molecule has 3 N–H and O–H groups in total. The van der Waals surface area contributed by atoms with Gasteiger partial charge in [-0.25, -0.2) is 0 Å². The Balaban J connectivity index is 1.22. The maximum absolute atomic E-state index is 13.2. The van der Waals surface area contributed by atoms with Gasteiger partial charge in [0.25, 0.3) is 0 Å². The van der Waals surface area contributed by atoms with E-state index in [2.05, 4.69) is 37.9 Å². The number of fused-ring (bicyclic) bond motifs is 1. The number of H-pyrrole nitrogens is 1. The van der Waals surface area contributed by atoms with E-state index in [-0.39, 0.29) is 17.2 Å². The van der Waals surface area contributed by atoms with Crippen LogP contribution in [-0.2, 0) is 22.4 Å². The summed E-state index contributed by atoms with van der Waals surface area (Å²) in [5.74, 6) is 1.14. The highest BCUT2D eigenvalue weighted by Crippen LogP contribution is 2.37. The molecule has 4 rings (SSSR count). The monoisotopic (exact) mass is 495 g/mol. The van der Waals surface area contributed by atoms with Gasteiger partial charge >= 0.3 is 0 Å². The number of nitrogens with one attached hydrogen (secondary N) is 3. The van der Waals surface area contributed by atoms with Crippen LogP contribution in [-0.4, -0.2) is 66.2 Å². The number of aryl methyl sites for hydroxylation is 3. The number of ether oxygens (including phenoxy) is 1. The summed E-state index contributed by atoms with van der Waals surface area (Å²) in [6.45, 7) is 7.63. The second kappa shape index (κ2) is 12.4. The van der Waals surface area contributed by atoms with Crippen molar-refractivity contribution in [3.05, 3.63) is 46.8 Å². The zero-order valence-corrected chi connectivity index (χ0v) is 21.8. The second-order valence-corrected chi connectivity index (χ2v) is 10.3. The lowest BCUT2D eigenvalue weighted by molar-refractivity contribution is -0.135. The van der Waals surface area contributed by atoms with Crippen LogP contribution in [0.2, 0.25) is 0 Å². The Morgan fingerprint density at radius 3 is 2.75 bits per heavy atom. The molecule has 36 heavy (non-hydrogen) atoms. The Morgan fingerprint density at radius 1 is 1.17 bits per heavy atom. The Bertz CT molecular complexity index is 1010. The number of para-hydroxylation sites is 1. The van der Waals surface area contributed by atoms with Crippen LogP contribution in [0.4, 0.5) is 0 Å². The van der Waals surface area contributed by atoms with Crippen LogP contribution in [0.5, 0.6) is 5.75 Å². The van der Waals surface area contributed by atoms with Crippen molar-refractivity contribution in [3.8, 4) is 5.75 Å². The maximum atomic E-state index is 13.2. The molecule has 8 nitrogen and oxygen atoms in total. The number of likely N-dealkylation sites (tertiary alicyclic amines) is 1. The first-order valence-corrected chi connectivity index (χ1v) is 13.5. The van der Waals surface area contributed by atoms with Gasteiger partial charge in [0, 0.05) is 12.2 Å². The Labute approximate surface area is 214 Å². The molecule has 1 spiro atoms. The fourth-order valence-electron chi connectivity index (χ4n) is 5.57. The quantitative estimate of drug-likeness (QED) is 0.535. The van der Waals surface area contributed by atoms with Crippen LogP contribution in [0, 0.1) is 19.3 Å². The molecular weight excluding hydrogens is 454 g/mol. The zero-order chi connectivity index (χ0) is 25.4. The summed E-state index contributed by atoms with van der Waals surface area (Å²) in [6, 6.07) is 8.20. The molecule has 1 fully saturated rings. The average molecular weight is 496 g/mol. The van der Waals surface area contributed by atoms with Crippen LogP contribution in [0.3, 0.4) is 0 Å². The summed E-state index contributed by atoms with van der Waals surface area (Å²) < 4.78 is 5.95. The van der Waals surface area contributed by atoms with E-state index in [1.54, 1.807) is 0 Å². The molecule has 2 aliphatic heterocycles. The summed E-state index contributed by atoms with van der Waals surface area (Å²) in [7, 11) is 0. The predicted molar refractivity (Wildman–Crippen MR) is 140 cm³/mol. The molecule has 196 valence electrons. The number of benzene rings is 1. The number of carbonyl (C=O) groups is 2. The summed E-state index contributed by atoms with van der Waals surface area (Å²) in [5.41, 5.74) is 4.29. The van der Waals surface area contributed by atoms with Gasteiger partial charge in [-0.3, -0.25) is 19.6 Å². The summed E-state index contributed by atoms with van der Waals surface area (Å²) in [6.07, 6.45) is 7.31. The molecule has 8 heteroatoms. The third-order valence-electron chi connectivity index (χ3n) is 7.84. The number of rotatable bonds is 6. The minimum absolute atomic E-state index is 0.0607. The van der Waals surface area contributed by atoms with Gasteiger partial charge < -0.3 is 15.4 Å². The SMILES string of the molecule is Cc1n[nH]c(C)c1CCCNC(=O)CN1CCC2(CCCCc3ccccc3OCCNC2=O)CC1. The Kier molecular flexibility index (Phi) is 9.02. The molecule has 3 heterocycles. The van der Waals surface area contributed by atoms with Crippen molar-refractivity contribution in [1.29, 1.82) is 0 Å². The van der Waals surface area contributed by atoms with Gasteiger partial charge in [-0.2, -0.15) is 5.10 Å². The van der Waals surface area contributed by atoms with Crippen LogP contribution in [0.25, 0.3) is 0 Å². The number of aromatic nitrogens is 2. The van der Waals surface area contributed by atoms with Crippen molar-refractivity contribution < 1.29 is 14.3 Å². The van der Waals surface area contributed by atoms with Crippen LogP contribution in [0.1, 0.15) is 61.0 Å². The number of aromatic amines is 1. The van der Waals surface area contributed by atoms with Crippen LogP contribution in [0.15, 0.2) is 24.3 Å². The van der Waals surface area contributed by atoms with Crippen LogP contribution >= 0.6 is 0 Å². The van der Waals surface area contributed by atoms with E-state index in [9.17, 15) is 9.59 Å². The largest absolute Gasteiger partial charge is 0.491 e. The molecule has 2 aliphatic rings. The maximum Gasteiger partial charge on any atom is 0.234 e. The number of carbonyl (C=O) groups excluding carboxylic acids is 2. The normalized spacial score (nSPS) is 18.9. The molecule has 1 aromatic carbocycles. The number of amides is 2. The first-order chi connectivity index (χ1) is 17.5. The molecule has 0 saturated carbocycles. The molecular formula is C28H41N5O3. The van der Waals surface area contributed by atoms with E-state index < -0.39 is 0 Å². The topological polar surface area (TPSA) is 99.3 Å². The van der Waals surface area contributed by atoms with E-state index in [1.165, 1.54) is 11.1 Å². The fourth-order valence-corrected chi connectivity index (χ4v) is 5.57. The van der Waals surface area contributed by atoms with Gasteiger partial charge in [-0.05, 0) is 89.1 Å². The summed E-state index contributed by atoms with van der Waals surface area (Å²) >= 11 is 0. The van der Waals surface area contributed by atoms with Crippen molar-refractivity contribution in [2.45, 2.75) is 65.2 Å². The molecule has 0 radical (unpaired) electrons. The third kappa shape index (κ3) is 6.66. The van der Waals surface area contributed by atoms with E-state index in [0.717, 1.165) is 81.6 Å². The first kappa shape index (κ1) is 26.2. The van der Waals surface area contributed by atoms with Crippen molar-refractivity contribution in [2.24, 2.45) is 5.41 Å². The molecule has 2 amide bonds. The Hall–Kier alpha value is -2.87. The van der Waals surface area contributed by atoms with Crippen molar-refractivity contribution in [1.82, 2.24) is 25.7 Å². The average Bonchev–Trinajstić information content (AvgIpc) is 3.20. The predicted octanol–water partition coefficient (Wildman–Crippen LogP) is 3.08. The molecule has 2 aromatic rings. The minimum atomic E-state index is -0.341. The number of hydrogen-bond donors (Lipinski definition) is 3. The van der Waals surface area contributed by atoms with Gasteiger partial charge in [-0.15, -0.1) is 0 Å². The van der Waals surface area contributed by atoms with Crippen molar-refractivity contribution >= 4 is 11.8 Å². The summed E-state index contributed by atoms with van der Waals surface area (Å²) in [5, 5.41) is 13.4. The van der Waals surface area contributed by atoms with E-state index in [0.29, 0.717) is 26.2 Å². The highest BCUT2D eigenvalue weighted by atomic mass is 16.5. The summed E-state index contributed by atoms with van der Waals surface area (Å²) in [4.78, 5) is 27.9. The molecule has 0 bridgehead atoms. The lowest BCUT2D eigenvalue weighted by Crippen LogP contribution is -2.51. The highest BCUT2D eigenvalue weighted by Gasteiger charge is 2.40. The fraction of sp³-hybridized carbons (Fsp3) is 0.607. The lowest BCUT2D eigenvalue weighted by Gasteiger charge is -2.40. The lowest BCUT2D eigenvalue weighted by atomic mass is 9.73. The number of piperidine rings is 1. The van der Waals surface area contributed by atoms with E-state index >= 15 is 0 Å². The van der Waals surface area contributed by atoms with Gasteiger partial charge in [0.05, 0.1) is 24.2 Å². The minimum Gasteiger partial charge on any atom is -0.491 e. The third-order valence-corrected chi connectivity index (χ3v) is 7.84. The standard InChI is InChI=1S/C28H41N5O3/c1-21-24(22(2)32-31-21)10-7-15-29-26(34)20-33-17-13-28(14-18-33)12-6-5-9-23-8-3-4-11-25(23)36-19-16-30-27(28)35/h3-4,8,11H,5-7,9-10,12-20H2,1-2H3,(H,29,34)(H,30,35)(H,31,32). The zero-order valence-electron chi connectivity index (χ0n) is 21.8. The van der Waals surface area contributed by atoms with Gasteiger partial charge in [0.15, 0.2) is 0 Å². The Morgan fingerprint density at radius 2 is 1.97 bits per heavy atom. The van der Waals surface area contributed by atoms with Crippen LogP contribution < -0.4 is 15.4 Å². The molecule has 1 aromatic heterocycles. The molecule has 0 aliphatic carbocycles. The number of nitrogens with zero attached hydrogens (tertiary/aromatic N) is 2. The highest BCUT2D eigenvalue weighted by molar-refractivity contribution is 5.83. The number of hydrogen-bond acceptors (Lipinski definition) is 5. The van der Waals surface area contributed by atoms with Gasteiger partial charge in [0.1, 0.15) is 12.4 Å². The first-order valence-electron chi connectivity index (χ1n) is 13.5. The molecule has 0 unspecified atom stereocenters. The smallest absolute Gasteiger partial charge is 0.234 e. The van der Waals surface area contributed by atoms with E-state index in [1.807, 2.05) is 26.0 Å². The molecule has 1 saturated heterocycles. The van der Waals surface area contributed by atoms with Crippen molar-refractivity contribution in [3.63, 3.8) is 0 Å². The second-order valence-electron chi connectivity index (χ2n) is 10.3. The molecule has 0 atom stereocenters. The van der Waals surface area contributed by atoms with Crippen molar-refractivity contribution in [2.75, 3.05) is 39.3 Å².